The van der Waals surface area contributed by atoms with Crippen LogP contribution in [0.1, 0.15) is 54.5 Å². The van der Waals surface area contributed by atoms with Gasteiger partial charge >= 0.3 is 0 Å². The van der Waals surface area contributed by atoms with Crippen molar-refractivity contribution >= 4 is 17.2 Å². The lowest BCUT2D eigenvalue weighted by Gasteiger charge is -2.35. The van der Waals surface area contributed by atoms with Crippen LogP contribution in [-0.4, -0.2) is 24.7 Å². The molecule has 0 amide bonds. The van der Waals surface area contributed by atoms with E-state index in [2.05, 4.69) is 28.1 Å². The van der Waals surface area contributed by atoms with Crippen LogP contribution in [0.5, 0.6) is 0 Å². The van der Waals surface area contributed by atoms with Gasteiger partial charge in [0.25, 0.3) is 0 Å². The molecule has 0 bridgehead atoms. The third-order valence-electron chi connectivity index (χ3n) is 6.97. The highest BCUT2D eigenvalue weighted by Gasteiger charge is 2.24. The summed E-state index contributed by atoms with van der Waals surface area (Å²) in [5.74, 6) is 0.910. The molecule has 1 aliphatic heterocycles. The van der Waals surface area contributed by atoms with Gasteiger partial charge in [-0.3, -0.25) is 4.39 Å². The third kappa shape index (κ3) is 5.75. The van der Waals surface area contributed by atoms with Crippen molar-refractivity contribution in [3.8, 4) is 0 Å². The predicted molar refractivity (Wildman–Crippen MR) is 137 cm³/mol. The maximum Gasteiger partial charge on any atom is 0.163 e. The Morgan fingerprint density at radius 3 is 2.53 bits per heavy atom. The van der Waals surface area contributed by atoms with Crippen LogP contribution in [0.15, 0.2) is 60.7 Å². The van der Waals surface area contributed by atoms with Gasteiger partial charge in [0.2, 0.25) is 0 Å². The first-order valence-corrected chi connectivity index (χ1v) is 12.3. The van der Waals surface area contributed by atoms with Gasteiger partial charge in [-0.1, -0.05) is 47.8 Å². The maximum absolute atomic E-state index is 15.4. The Labute approximate surface area is 202 Å². The molecule has 3 aromatic rings. The van der Waals surface area contributed by atoms with Crippen molar-refractivity contribution in [3.05, 3.63) is 83.0 Å². The largest absolute Gasteiger partial charge is 0.370 e. The summed E-state index contributed by atoms with van der Waals surface area (Å²) in [7, 11) is 0. The quantitative estimate of drug-likeness (QED) is 0.320. The zero-order valence-electron chi connectivity index (χ0n) is 20.5. The summed E-state index contributed by atoms with van der Waals surface area (Å²) in [5, 5.41) is 0.708. The number of piperidine rings is 1. The van der Waals surface area contributed by atoms with Gasteiger partial charge in [0.1, 0.15) is 0 Å². The number of halogens is 2. The molecular weight excluding hydrogens is 428 g/mol. The van der Waals surface area contributed by atoms with Crippen molar-refractivity contribution in [2.45, 2.75) is 52.4 Å². The van der Waals surface area contributed by atoms with E-state index in [1.165, 1.54) is 5.56 Å². The van der Waals surface area contributed by atoms with Crippen molar-refractivity contribution in [1.82, 2.24) is 4.98 Å². The Morgan fingerprint density at radius 2 is 1.79 bits per heavy atom. The van der Waals surface area contributed by atoms with Crippen LogP contribution >= 0.6 is 0 Å². The van der Waals surface area contributed by atoms with Gasteiger partial charge in [-0.05, 0) is 86.4 Å². The van der Waals surface area contributed by atoms with Crippen LogP contribution < -0.4 is 10.0 Å². The topological polar surface area (TPSA) is 19.4 Å². The fraction of sp³-hybridized carbons (Fsp3) is 0.414. The lowest BCUT2D eigenvalue weighted by Crippen LogP contribution is -2.34. The molecule has 34 heavy (non-hydrogen) atoms. The SMILES string of the molecule is Cc1ccc(N(F)c2cccc(C)n2)c(N2CCC(CCc3cccc(C(C)CF)c3)CC2)c1. The second-order valence-electron chi connectivity index (χ2n) is 9.68. The van der Waals surface area contributed by atoms with Crippen LogP contribution in [0.25, 0.3) is 0 Å². The number of alkyl halides is 1. The van der Waals surface area contributed by atoms with Gasteiger partial charge in [-0.2, -0.15) is 5.12 Å². The van der Waals surface area contributed by atoms with E-state index in [0.29, 0.717) is 22.5 Å². The fourth-order valence-corrected chi connectivity index (χ4v) is 4.79. The molecule has 3 nitrogen and oxygen atoms in total. The summed E-state index contributed by atoms with van der Waals surface area (Å²) in [6.45, 7) is 7.35. The molecule has 0 aliphatic carbocycles. The molecule has 1 atom stereocenters. The number of rotatable bonds is 8. The monoisotopic (exact) mass is 463 g/mol. The van der Waals surface area contributed by atoms with E-state index in [1.807, 2.05) is 57.2 Å². The van der Waals surface area contributed by atoms with Crippen LogP contribution in [0.3, 0.4) is 0 Å². The molecule has 1 aliphatic rings. The van der Waals surface area contributed by atoms with Gasteiger partial charge in [0.15, 0.2) is 5.82 Å². The Morgan fingerprint density at radius 1 is 1.03 bits per heavy atom. The van der Waals surface area contributed by atoms with E-state index >= 15 is 4.48 Å². The molecule has 0 saturated carbocycles. The molecule has 1 saturated heterocycles. The minimum Gasteiger partial charge on any atom is -0.370 e. The first-order chi connectivity index (χ1) is 16.4. The van der Waals surface area contributed by atoms with Crippen LogP contribution in [0.4, 0.5) is 26.1 Å². The normalized spacial score (nSPS) is 15.4. The average Bonchev–Trinajstić information content (AvgIpc) is 2.87. The van der Waals surface area contributed by atoms with Crippen LogP contribution in [-0.2, 0) is 6.42 Å². The molecular formula is C29H35F2N3. The number of hydrogen-bond acceptors (Lipinski definition) is 3. The minimum atomic E-state index is -0.320. The first kappa shape index (κ1) is 24.2. The van der Waals surface area contributed by atoms with Crippen molar-refractivity contribution in [3.63, 3.8) is 0 Å². The summed E-state index contributed by atoms with van der Waals surface area (Å²) in [5.41, 5.74) is 5.76. The minimum absolute atomic E-state index is 0.0446. The Balaban J connectivity index is 1.40. The molecule has 0 N–H and O–H groups in total. The molecule has 5 heteroatoms. The summed E-state index contributed by atoms with van der Waals surface area (Å²) in [6, 6.07) is 19.7. The van der Waals surface area contributed by atoms with E-state index in [1.54, 1.807) is 6.07 Å². The van der Waals surface area contributed by atoms with Gasteiger partial charge < -0.3 is 4.90 Å². The number of hydrogen-bond donors (Lipinski definition) is 0. The standard InChI is InChI=1S/C29H35F2N3/c1-21-10-13-27(34(31)29-9-4-6-23(3)32-29)28(18-21)33-16-14-24(15-17-33)11-12-25-7-5-8-26(19-25)22(2)20-30/h4-10,13,18-19,22,24H,11-12,14-17,20H2,1-3H3. The second kappa shape index (κ2) is 11.0. The number of anilines is 3. The van der Waals surface area contributed by atoms with Gasteiger partial charge in [-0.15, -0.1) is 0 Å². The lowest BCUT2D eigenvalue weighted by atomic mass is 9.89. The van der Waals surface area contributed by atoms with Gasteiger partial charge in [0, 0.05) is 24.7 Å². The highest BCUT2D eigenvalue weighted by Crippen LogP contribution is 2.37. The molecule has 2 heterocycles. The summed E-state index contributed by atoms with van der Waals surface area (Å²) in [4.78, 5) is 6.67. The van der Waals surface area contributed by atoms with Gasteiger partial charge in [0.05, 0.1) is 18.0 Å². The van der Waals surface area contributed by atoms with Gasteiger partial charge in [-0.25, -0.2) is 4.98 Å². The molecule has 180 valence electrons. The summed E-state index contributed by atoms with van der Waals surface area (Å²) >= 11 is 0. The molecule has 2 aromatic carbocycles. The molecule has 0 spiro atoms. The van der Waals surface area contributed by atoms with E-state index in [4.69, 9.17) is 0 Å². The smallest absolute Gasteiger partial charge is 0.163 e. The number of nitrogens with zero attached hydrogens (tertiary/aromatic N) is 3. The van der Waals surface area contributed by atoms with E-state index in [9.17, 15) is 4.39 Å². The maximum atomic E-state index is 15.4. The number of pyridine rings is 1. The van der Waals surface area contributed by atoms with E-state index in [0.717, 1.165) is 61.3 Å². The third-order valence-corrected chi connectivity index (χ3v) is 6.97. The first-order valence-electron chi connectivity index (χ1n) is 12.3. The molecule has 1 aromatic heterocycles. The fourth-order valence-electron chi connectivity index (χ4n) is 4.79. The van der Waals surface area contributed by atoms with Crippen LogP contribution in [0.2, 0.25) is 0 Å². The van der Waals surface area contributed by atoms with Crippen molar-refractivity contribution < 1.29 is 8.87 Å². The lowest BCUT2D eigenvalue weighted by molar-refractivity contribution is 0.381. The molecule has 1 fully saturated rings. The number of benzene rings is 2. The highest BCUT2D eigenvalue weighted by molar-refractivity contribution is 5.75. The zero-order valence-corrected chi connectivity index (χ0v) is 20.5. The van der Waals surface area contributed by atoms with Crippen molar-refractivity contribution in [2.75, 3.05) is 29.8 Å². The van der Waals surface area contributed by atoms with Crippen molar-refractivity contribution in [2.24, 2.45) is 5.92 Å². The Hall–Kier alpha value is -2.95. The Kier molecular flexibility index (Phi) is 7.81. The number of aromatic nitrogens is 1. The van der Waals surface area contributed by atoms with Crippen LogP contribution in [0, 0.1) is 19.8 Å². The molecule has 1 unspecified atom stereocenters. The van der Waals surface area contributed by atoms with E-state index < -0.39 is 0 Å². The number of aryl methyl sites for hydroxylation is 3. The average molecular weight is 464 g/mol. The highest BCUT2D eigenvalue weighted by atomic mass is 19.2. The zero-order chi connectivity index (χ0) is 24.1. The predicted octanol–water partition coefficient (Wildman–Crippen LogP) is 7.64. The summed E-state index contributed by atoms with van der Waals surface area (Å²) in [6.07, 6.45) is 4.32. The molecule has 4 rings (SSSR count). The Bertz CT molecular complexity index is 1090. The van der Waals surface area contributed by atoms with E-state index in [-0.39, 0.29) is 12.6 Å². The van der Waals surface area contributed by atoms with Crippen molar-refractivity contribution in [1.29, 1.82) is 0 Å². The second-order valence-corrected chi connectivity index (χ2v) is 9.68. The summed E-state index contributed by atoms with van der Waals surface area (Å²) < 4.78 is 28.5. The molecule has 0 radical (unpaired) electrons.